The fraction of sp³-hybridized carbons (Fsp3) is 0.419. The molecule has 0 unspecified atom stereocenters. The maximum atomic E-state index is 13.3. The number of pyridine rings is 1. The molecule has 0 saturated carbocycles. The van der Waals surface area contributed by atoms with Crippen LogP contribution in [0.3, 0.4) is 0 Å². The highest BCUT2D eigenvalue weighted by Crippen LogP contribution is 2.46. The van der Waals surface area contributed by atoms with E-state index < -0.39 is 0 Å². The van der Waals surface area contributed by atoms with Crippen molar-refractivity contribution in [2.24, 2.45) is 0 Å². The zero-order valence-electron chi connectivity index (χ0n) is 24.8. The average molecular weight is 602 g/mol. The monoisotopic (exact) mass is 601 g/mol. The second-order valence-electron chi connectivity index (χ2n) is 11.6. The Hall–Kier alpha value is -4.18. The first kappa shape index (κ1) is 28.9. The second-order valence-corrected chi connectivity index (χ2v) is 12.8. The molecule has 5 heterocycles. The molecule has 1 aromatic carbocycles. The summed E-state index contributed by atoms with van der Waals surface area (Å²) in [5.41, 5.74) is 2.87. The Kier molecular flexibility index (Phi) is 7.50. The van der Waals surface area contributed by atoms with E-state index >= 15 is 0 Å². The minimum absolute atomic E-state index is 0.0498. The van der Waals surface area contributed by atoms with Crippen molar-refractivity contribution < 1.29 is 9.84 Å². The Bertz CT molecular complexity index is 1870. The summed E-state index contributed by atoms with van der Waals surface area (Å²) >= 11 is 1.49. The van der Waals surface area contributed by atoms with Gasteiger partial charge >= 0.3 is 5.69 Å². The Labute approximate surface area is 253 Å². The normalized spacial score (nSPS) is 19.7. The Morgan fingerprint density at radius 2 is 2.05 bits per heavy atom. The molecule has 43 heavy (non-hydrogen) atoms. The fourth-order valence-corrected chi connectivity index (χ4v) is 7.37. The molecule has 0 spiro atoms. The molecule has 2 aliphatic rings. The van der Waals surface area contributed by atoms with Gasteiger partial charge in [-0.05, 0) is 38.5 Å². The molecule has 1 fully saturated rings. The molecule has 0 amide bonds. The summed E-state index contributed by atoms with van der Waals surface area (Å²) in [6.45, 7) is 6.44. The molecule has 3 aromatic heterocycles. The summed E-state index contributed by atoms with van der Waals surface area (Å²) in [7, 11) is 3.62. The van der Waals surface area contributed by atoms with Crippen molar-refractivity contribution in [3.8, 4) is 22.9 Å². The number of aliphatic hydroxyl groups is 1. The van der Waals surface area contributed by atoms with Crippen LogP contribution in [0.5, 0.6) is 5.75 Å². The number of hydrogen-bond acceptors (Lipinski definition) is 10. The number of aliphatic hydroxyl groups excluding tert-OH is 1. The van der Waals surface area contributed by atoms with E-state index in [1.807, 2.05) is 46.1 Å². The van der Waals surface area contributed by atoms with Crippen LogP contribution in [0.1, 0.15) is 30.7 Å². The van der Waals surface area contributed by atoms with Gasteiger partial charge in [0.2, 0.25) is 0 Å². The quantitative estimate of drug-likeness (QED) is 0.329. The molecule has 6 rings (SSSR count). The number of hydrogen-bond donors (Lipinski definition) is 2. The summed E-state index contributed by atoms with van der Waals surface area (Å²) in [5.74, 6) is 1.23. The smallest absolute Gasteiger partial charge is 0.332 e. The fourth-order valence-electron chi connectivity index (χ4n) is 6.24. The van der Waals surface area contributed by atoms with Gasteiger partial charge in [0.05, 0.1) is 47.2 Å². The van der Waals surface area contributed by atoms with Gasteiger partial charge in [0.15, 0.2) is 0 Å². The molecule has 4 aromatic rings. The van der Waals surface area contributed by atoms with Crippen molar-refractivity contribution >= 4 is 33.1 Å². The maximum absolute atomic E-state index is 13.3. The lowest BCUT2D eigenvalue weighted by atomic mass is 9.95. The van der Waals surface area contributed by atoms with Gasteiger partial charge in [-0.25, -0.2) is 4.79 Å². The van der Waals surface area contributed by atoms with Crippen LogP contribution >= 0.6 is 11.3 Å². The number of nitrogens with one attached hydrogen (secondary N) is 1. The van der Waals surface area contributed by atoms with Gasteiger partial charge in [-0.3, -0.25) is 18.9 Å². The standard InChI is InChI=1S/C31H35N7O4S/c1-5-36-26(35(3)4)13-27(40)38(30(36)41)17-21-12-24-29(43-21)22(6-7-33-24)23-10-19(15-32)11-25-28(23)37(8-9-42-25)20-14-31(2,18-39)34-16-20/h6-7,10-13,20,34,39H,5,8-9,14,16-18H2,1-4H3/t20-,31+/m1/s1. The van der Waals surface area contributed by atoms with E-state index in [2.05, 4.69) is 21.3 Å². The molecule has 12 heteroatoms. The predicted molar refractivity (Wildman–Crippen MR) is 169 cm³/mol. The van der Waals surface area contributed by atoms with Crippen molar-refractivity contribution in [1.82, 2.24) is 19.4 Å². The molecule has 0 aliphatic carbocycles. The zero-order chi connectivity index (χ0) is 30.5. The lowest BCUT2D eigenvalue weighted by molar-refractivity contribution is 0.190. The molecule has 11 nitrogen and oxygen atoms in total. The number of nitriles is 1. The van der Waals surface area contributed by atoms with Gasteiger partial charge in [0.1, 0.15) is 18.2 Å². The first-order valence-corrected chi connectivity index (χ1v) is 15.2. The van der Waals surface area contributed by atoms with Crippen molar-refractivity contribution in [3.05, 3.63) is 67.8 Å². The molecule has 2 aliphatic heterocycles. The second kappa shape index (κ2) is 11.1. The van der Waals surface area contributed by atoms with Gasteiger partial charge in [-0.15, -0.1) is 11.3 Å². The van der Waals surface area contributed by atoms with Crippen molar-refractivity contribution in [2.75, 3.05) is 50.2 Å². The molecule has 2 atom stereocenters. The number of fused-ring (bicyclic) bond motifs is 2. The topological polar surface area (TPSA) is 129 Å². The van der Waals surface area contributed by atoms with Gasteiger partial charge in [-0.2, -0.15) is 5.26 Å². The van der Waals surface area contributed by atoms with Crippen LogP contribution in [-0.4, -0.2) is 71.2 Å². The van der Waals surface area contributed by atoms with Crippen LogP contribution in [0, 0.1) is 11.3 Å². The lowest BCUT2D eigenvalue weighted by Crippen LogP contribution is -2.42. The van der Waals surface area contributed by atoms with E-state index in [0.29, 0.717) is 36.8 Å². The number of rotatable bonds is 7. The third-order valence-corrected chi connectivity index (χ3v) is 9.56. The van der Waals surface area contributed by atoms with Crippen molar-refractivity contribution in [2.45, 2.75) is 44.9 Å². The minimum Gasteiger partial charge on any atom is -0.489 e. The minimum atomic E-state index is -0.359. The highest BCUT2D eigenvalue weighted by molar-refractivity contribution is 7.19. The zero-order valence-corrected chi connectivity index (χ0v) is 25.6. The summed E-state index contributed by atoms with van der Waals surface area (Å²) in [6, 6.07) is 11.5. The van der Waals surface area contributed by atoms with Crippen molar-refractivity contribution in [1.29, 1.82) is 5.26 Å². The lowest BCUT2D eigenvalue weighted by Gasteiger charge is -2.38. The van der Waals surface area contributed by atoms with Crippen LogP contribution in [0.25, 0.3) is 21.3 Å². The van der Waals surface area contributed by atoms with E-state index in [1.165, 1.54) is 22.0 Å². The maximum Gasteiger partial charge on any atom is 0.332 e. The van der Waals surface area contributed by atoms with Crippen LogP contribution in [0.15, 0.2) is 46.1 Å². The highest BCUT2D eigenvalue weighted by atomic mass is 32.1. The highest BCUT2D eigenvalue weighted by Gasteiger charge is 2.39. The van der Waals surface area contributed by atoms with Gasteiger partial charge < -0.3 is 25.0 Å². The van der Waals surface area contributed by atoms with E-state index in [-0.39, 0.29) is 36.0 Å². The molecule has 2 N–H and O–H groups in total. The van der Waals surface area contributed by atoms with Crippen LogP contribution in [-0.2, 0) is 13.1 Å². The molecule has 224 valence electrons. The Balaban J connectivity index is 1.46. The number of nitrogens with zero attached hydrogens (tertiary/aromatic N) is 6. The number of aromatic nitrogens is 3. The summed E-state index contributed by atoms with van der Waals surface area (Å²) < 4.78 is 9.87. The van der Waals surface area contributed by atoms with E-state index in [4.69, 9.17) is 4.74 Å². The Morgan fingerprint density at radius 3 is 2.74 bits per heavy atom. The number of thiophene rings is 1. The first-order valence-electron chi connectivity index (χ1n) is 14.4. The molecule has 0 radical (unpaired) electrons. The Morgan fingerprint density at radius 1 is 1.23 bits per heavy atom. The van der Waals surface area contributed by atoms with E-state index in [1.54, 1.807) is 21.7 Å². The molecule has 0 bridgehead atoms. The van der Waals surface area contributed by atoms with Gasteiger partial charge in [0, 0.05) is 73.1 Å². The van der Waals surface area contributed by atoms with Crippen molar-refractivity contribution in [3.63, 3.8) is 0 Å². The number of benzene rings is 1. The SMILES string of the molecule is CCn1c(N(C)C)cc(=O)n(Cc2cc3nccc(-c4cc(C#N)cc5c4N([C@H]4CN[C@](C)(CO)C4)CCO5)c3s2)c1=O. The summed E-state index contributed by atoms with van der Waals surface area (Å²) in [6.07, 6.45) is 2.52. The van der Waals surface area contributed by atoms with Crippen LogP contribution < -0.4 is 31.1 Å². The van der Waals surface area contributed by atoms with Gasteiger partial charge in [0.25, 0.3) is 5.56 Å². The van der Waals surface area contributed by atoms with Gasteiger partial charge in [-0.1, -0.05) is 0 Å². The molecular weight excluding hydrogens is 566 g/mol. The summed E-state index contributed by atoms with van der Waals surface area (Å²) in [5, 5.41) is 23.3. The number of ether oxygens (including phenoxy) is 1. The van der Waals surface area contributed by atoms with E-state index in [9.17, 15) is 20.0 Å². The first-order chi connectivity index (χ1) is 20.7. The average Bonchev–Trinajstić information content (AvgIpc) is 3.61. The van der Waals surface area contributed by atoms with Crippen LogP contribution in [0.4, 0.5) is 11.5 Å². The van der Waals surface area contributed by atoms with E-state index in [0.717, 1.165) is 44.9 Å². The third-order valence-electron chi connectivity index (χ3n) is 8.42. The summed E-state index contributed by atoms with van der Waals surface area (Å²) in [4.78, 5) is 35.9. The predicted octanol–water partition coefficient (Wildman–Crippen LogP) is 2.60. The molecule has 1 saturated heterocycles. The largest absolute Gasteiger partial charge is 0.489 e. The third kappa shape index (κ3) is 5.07. The molecular formula is C31H35N7O4S. The number of anilines is 2. The van der Waals surface area contributed by atoms with Crippen LogP contribution in [0.2, 0.25) is 0 Å².